The molecule has 0 amide bonds. The standard InChI is InChI=1S/C16H22O/c17-12-15-11-16(15,13-7-3-1-4-8-13)14-9-5-2-6-10-14/h1,3-4,7-8,14-15,17H,2,5-6,9-12H2. The largest absolute Gasteiger partial charge is 0.396 e. The van der Waals surface area contributed by atoms with Crippen LogP contribution < -0.4 is 0 Å². The van der Waals surface area contributed by atoms with Crippen LogP contribution in [0.4, 0.5) is 0 Å². The molecule has 1 N–H and O–H groups in total. The minimum absolute atomic E-state index is 0.330. The van der Waals surface area contributed by atoms with E-state index in [1.807, 2.05) is 0 Å². The second kappa shape index (κ2) is 4.45. The van der Waals surface area contributed by atoms with E-state index in [4.69, 9.17) is 0 Å². The smallest absolute Gasteiger partial charge is 0.0468 e. The molecule has 2 saturated carbocycles. The molecular weight excluding hydrogens is 208 g/mol. The third-order valence-electron chi connectivity index (χ3n) is 5.02. The van der Waals surface area contributed by atoms with Crippen molar-refractivity contribution in [3.63, 3.8) is 0 Å². The maximum Gasteiger partial charge on any atom is 0.0468 e. The van der Waals surface area contributed by atoms with Crippen LogP contribution >= 0.6 is 0 Å². The summed E-state index contributed by atoms with van der Waals surface area (Å²) >= 11 is 0. The second-order valence-corrected chi connectivity index (χ2v) is 5.82. The van der Waals surface area contributed by atoms with Crippen molar-refractivity contribution in [1.82, 2.24) is 0 Å². The predicted octanol–water partition coefficient (Wildman–Crippen LogP) is 3.52. The SMILES string of the molecule is OCC1CC1(c1ccccc1)C1CCCCC1. The Morgan fingerprint density at radius 3 is 2.35 bits per heavy atom. The Kier molecular flexibility index (Phi) is 2.96. The predicted molar refractivity (Wildman–Crippen MR) is 69.9 cm³/mol. The van der Waals surface area contributed by atoms with Gasteiger partial charge in [0, 0.05) is 12.0 Å². The van der Waals surface area contributed by atoms with E-state index in [1.165, 1.54) is 44.1 Å². The fraction of sp³-hybridized carbons (Fsp3) is 0.625. The average Bonchev–Trinajstić information content (AvgIpc) is 3.17. The molecule has 1 heteroatoms. The molecule has 0 aliphatic heterocycles. The van der Waals surface area contributed by atoms with Gasteiger partial charge >= 0.3 is 0 Å². The van der Waals surface area contributed by atoms with Crippen LogP contribution in [0.15, 0.2) is 30.3 Å². The molecule has 17 heavy (non-hydrogen) atoms. The van der Waals surface area contributed by atoms with Crippen LogP contribution in [0.25, 0.3) is 0 Å². The van der Waals surface area contributed by atoms with Gasteiger partial charge in [-0.25, -0.2) is 0 Å². The van der Waals surface area contributed by atoms with Crippen LogP contribution in [0.2, 0.25) is 0 Å². The van der Waals surface area contributed by atoms with Gasteiger partial charge in [-0.3, -0.25) is 0 Å². The first-order valence-electron chi connectivity index (χ1n) is 7.04. The molecule has 2 aliphatic carbocycles. The lowest BCUT2D eigenvalue weighted by Gasteiger charge is -2.32. The Labute approximate surface area is 104 Å². The molecule has 0 radical (unpaired) electrons. The van der Waals surface area contributed by atoms with Crippen LogP contribution in [0.1, 0.15) is 44.1 Å². The highest BCUT2D eigenvalue weighted by atomic mass is 16.3. The van der Waals surface area contributed by atoms with Gasteiger partial charge in [0.2, 0.25) is 0 Å². The van der Waals surface area contributed by atoms with Crippen LogP contribution in [-0.4, -0.2) is 11.7 Å². The van der Waals surface area contributed by atoms with Crippen molar-refractivity contribution in [2.45, 2.75) is 43.9 Å². The Morgan fingerprint density at radius 1 is 1.06 bits per heavy atom. The highest BCUT2D eigenvalue weighted by Gasteiger charge is 2.58. The van der Waals surface area contributed by atoms with Gasteiger partial charge in [0.25, 0.3) is 0 Å². The Hall–Kier alpha value is -0.820. The zero-order chi connectivity index (χ0) is 11.7. The number of benzene rings is 1. The van der Waals surface area contributed by atoms with E-state index >= 15 is 0 Å². The molecular formula is C16H22O. The van der Waals surface area contributed by atoms with E-state index in [1.54, 1.807) is 0 Å². The molecule has 2 fully saturated rings. The van der Waals surface area contributed by atoms with Gasteiger partial charge in [-0.1, -0.05) is 49.6 Å². The van der Waals surface area contributed by atoms with Crippen molar-refractivity contribution in [2.75, 3.05) is 6.61 Å². The number of aliphatic hydroxyl groups excluding tert-OH is 1. The summed E-state index contributed by atoms with van der Waals surface area (Å²) in [6.07, 6.45) is 8.12. The van der Waals surface area contributed by atoms with Crippen molar-refractivity contribution in [1.29, 1.82) is 0 Å². The first-order chi connectivity index (χ1) is 8.38. The third kappa shape index (κ3) is 1.81. The molecule has 2 aliphatic rings. The highest BCUT2D eigenvalue weighted by molar-refractivity contribution is 5.35. The van der Waals surface area contributed by atoms with Crippen LogP contribution in [0.5, 0.6) is 0 Å². The lowest BCUT2D eigenvalue weighted by Crippen LogP contribution is -2.26. The molecule has 3 rings (SSSR count). The Morgan fingerprint density at radius 2 is 1.76 bits per heavy atom. The molecule has 0 heterocycles. The Bertz CT molecular complexity index is 366. The fourth-order valence-electron chi connectivity index (χ4n) is 4.03. The first-order valence-corrected chi connectivity index (χ1v) is 7.04. The van der Waals surface area contributed by atoms with Crippen molar-refractivity contribution in [3.05, 3.63) is 35.9 Å². The summed E-state index contributed by atoms with van der Waals surface area (Å²) in [5.74, 6) is 1.34. The van der Waals surface area contributed by atoms with E-state index in [-0.39, 0.29) is 0 Å². The highest BCUT2D eigenvalue weighted by Crippen LogP contribution is 2.61. The minimum Gasteiger partial charge on any atom is -0.396 e. The van der Waals surface area contributed by atoms with Crippen molar-refractivity contribution in [3.8, 4) is 0 Å². The first kappa shape index (κ1) is 11.3. The maximum atomic E-state index is 9.53. The summed E-state index contributed by atoms with van der Waals surface area (Å²) in [7, 11) is 0. The maximum absolute atomic E-state index is 9.53. The normalized spacial score (nSPS) is 33.6. The van der Waals surface area contributed by atoms with Gasteiger partial charge in [0.1, 0.15) is 0 Å². The van der Waals surface area contributed by atoms with E-state index in [0.717, 1.165) is 5.92 Å². The topological polar surface area (TPSA) is 20.2 Å². The monoisotopic (exact) mass is 230 g/mol. The van der Waals surface area contributed by atoms with Gasteiger partial charge in [-0.05, 0) is 36.7 Å². The summed E-state index contributed by atoms with van der Waals surface area (Å²) in [5, 5.41) is 9.53. The summed E-state index contributed by atoms with van der Waals surface area (Å²) in [4.78, 5) is 0. The molecule has 0 aromatic heterocycles. The molecule has 2 atom stereocenters. The van der Waals surface area contributed by atoms with Gasteiger partial charge < -0.3 is 5.11 Å². The van der Waals surface area contributed by atoms with Gasteiger partial charge in [-0.15, -0.1) is 0 Å². The van der Waals surface area contributed by atoms with Crippen LogP contribution in [0, 0.1) is 11.8 Å². The summed E-state index contributed by atoms with van der Waals surface area (Å²) < 4.78 is 0. The minimum atomic E-state index is 0.330. The summed E-state index contributed by atoms with van der Waals surface area (Å²) in [6, 6.07) is 10.9. The molecule has 0 saturated heterocycles. The average molecular weight is 230 g/mol. The zero-order valence-corrected chi connectivity index (χ0v) is 10.4. The lowest BCUT2D eigenvalue weighted by molar-refractivity contribution is 0.221. The van der Waals surface area contributed by atoms with E-state index in [9.17, 15) is 5.11 Å². The molecule has 0 bridgehead atoms. The summed E-state index contributed by atoms with van der Waals surface area (Å²) in [6.45, 7) is 0.366. The Balaban J connectivity index is 1.89. The van der Waals surface area contributed by atoms with Crippen molar-refractivity contribution in [2.24, 2.45) is 11.8 Å². The molecule has 1 aromatic carbocycles. The number of aliphatic hydroxyl groups is 1. The summed E-state index contributed by atoms with van der Waals surface area (Å²) in [5.41, 5.74) is 1.81. The van der Waals surface area contributed by atoms with Gasteiger partial charge in [0.15, 0.2) is 0 Å². The molecule has 2 unspecified atom stereocenters. The number of hydrogen-bond donors (Lipinski definition) is 1. The third-order valence-corrected chi connectivity index (χ3v) is 5.02. The van der Waals surface area contributed by atoms with Crippen molar-refractivity contribution >= 4 is 0 Å². The van der Waals surface area contributed by atoms with Gasteiger partial charge in [0.05, 0.1) is 0 Å². The van der Waals surface area contributed by atoms with Crippen LogP contribution in [-0.2, 0) is 5.41 Å². The second-order valence-electron chi connectivity index (χ2n) is 5.82. The molecule has 92 valence electrons. The molecule has 0 spiro atoms. The van der Waals surface area contributed by atoms with E-state index in [2.05, 4.69) is 30.3 Å². The zero-order valence-electron chi connectivity index (χ0n) is 10.4. The molecule has 1 aromatic rings. The quantitative estimate of drug-likeness (QED) is 0.842. The number of rotatable bonds is 3. The van der Waals surface area contributed by atoms with Crippen LogP contribution in [0.3, 0.4) is 0 Å². The fourth-order valence-corrected chi connectivity index (χ4v) is 4.03. The van der Waals surface area contributed by atoms with Gasteiger partial charge in [-0.2, -0.15) is 0 Å². The number of hydrogen-bond acceptors (Lipinski definition) is 1. The van der Waals surface area contributed by atoms with Crippen molar-refractivity contribution < 1.29 is 5.11 Å². The molecule has 1 nitrogen and oxygen atoms in total. The lowest BCUT2D eigenvalue weighted by atomic mass is 9.73. The van der Waals surface area contributed by atoms with E-state index < -0.39 is 0 Å². The van der Waals surface area contributed by atoms with E-state index in [0.29, 0.717) is 17.9 Å².